The molecule has 0 saturated heterocycles. The molecule has 3 aromatic rings. The molecule has 0 radical (unpaired) electrons. The number of anilines is 1. The fourth-order valence-electron chi connectivity index (χ4n) is 4.80. The highest BCUT2D eigenvalue weighted by Crippen LogP contribution is 2.38. The van der Waals surface area contributed by atoms with Crippen molar-refractivity contribution in [2.24, 2.45) is 0 Å². The van der Waals surface area contributed by atoms with Crippen LogP contribution in [-0.4, -0.2) is 77.8 Å². The minimum absolute atomic E-state index is 0.0456. The van der Waals surface area contributed by atoms with Gasteiger partial charge in [-0.15, -0.1) is 11.3 Å². The summed E-state index contributed by atoms with van der Waals surface area (Å²) in [6, 6.07) is 7.31. The van der Waals surface area contributed by atoms with Crippen LogP contribution in [-0.2, 0) is 23.0 Å². The van der Waals surface area contributed by atoms with Crippen LogP contribution in [0, 0.1) is 24.7 Å². The number of sulfonamides is 1. The molecular formula is C27H33N7O4S2. The molecule has 0 bridgehead atoms. The monoisotopic (exact) mass is 583 g/mol. The summed E-state index contributed by atoms with van der Waals surface area (Å²) in [6.45, 7) is 7.93. The molecule has 0 aliphatic carbocycles. The smallest absolute Gasteiger partial charge is 0.281 e. The molecule has 1 aliphatic rings. The molecule has 13 heteroatoms. The Morgan fingerprint density at radius 3 is 2.40 bits per heavy atom. The standard InChI is InChI=1S/C27H33N7O4S2/c1-4-12-32-13-9-22-23(17-32)39-26(24(22)27(36)34-19(3)16-18(2)31-34)30-25(35)20-5-7-21(8-6-20)40(37,38)33(14-10-28)15-11-29/h5-8,10-11,16,28-29H,4,9,12-15,17H2,1-3H3,(H,30,35). The molecule has 3 N–H and O–H groups in total. The van der Waals surface area contributed by atoms with Gasteiger partial charge >= 0.3 is 0 Å². The van der Waals surface area contributed by atoms with Crippen LogP contribution in [0.15, 0.2) is 35.2 Å². The Labute approximate surface area is 237 Å². The summed E-state index contributed by atoms with van der Waals surface area (Å²) in [5, 5.41) is 22.2. The van der Waals surface area contributed by atoms with Crippen molar-refractivity contribution in [2.75, 3.05) is 31.5 Å². The van der Waals surface area contributed by atoms with Gasteiger partial charge in [0.15, 0.2) is 0 Å². The van der Waals surface area contributed by atoms with E-state index in [1.807, 2.05) is 19.9 Å². The minimum Gasteiger partial charge on any atom is -0.313 e. The Morgan fingerprint density at radius 1 is 1.15 bits per heavy atom. The number of carbonyl (C=O) groups is 2. The van der Waals surface area contributed by atoms with Crippen molar-refractivity contribution in [3.63, 3.8) is 0 Å². The summed E-state index contributed by atoms with van der Waals surface area (Å²) in [5.74, 6) is -0.757. The van der Waals surface area contributed by atoms with Gasteiger partial charge < -0.3 is 16.1 Å². The molecule has 0 atom stereocenters. The zero-order valence-electron chi connectivity index (χ0n) is 22.7. The lowest BCUT2D eigenvalue weighted by Gasteiger charge is -2.26. The molecule has 3 heterocycles. The number of hydrogen-bond acceptors (Lipinski definition) is 9. The Hall–Kier alpha value is -3.52. The number of thiophene rings is 1. The first-order valence-electron chi connectivity index (χ1n) is 12.9. The lowest BCUT2D eigenvalue weighted by molar-refractivity contribution is 0.0942. The maximum absolute atomic E-state index is 13.7. The zero-order chi connectivity index (χ0) is 29.0. The SMILES string of the molecule is CCCN1CCc2c(sc(NC(=O)c3ccc(S(=O)(=O)N(CC=N)CC=N)cc3)c2C(=O)n2nc(C)cc2C)C1. The Bertz CT molecular complexity index is 1530. The number of benzene rings is 1. The topological polar surface area (TPSA) is 152 Å². The number of hydrogen-bond donors (Lipinski definition) is 3. The minimum atomic E-state index is -3.95. The highest BCUT2D eigenvalue weighted by molar-refractivity contribution is 7.89. The van der Waals surface area contributed by atoms with Crippen molar-refractivity contribution < 1.29 is 18.0 Å². The van der Waals surface area contributed by atoms with E-state index < -0.39 is 15.9 Å². The van der Waals surface area contributed by atoms with Gasteiger partial charge in [-0.25, -0.2) is 13.1 Å². The number of aryl methyl sites for hydroxylation is 2. The van der Waals surface area contributed by atoms with E-state index in [1.54, 1.807) is 0 Å². The summed E-state index contributed by atoms with van der Waals surface area (Å²) in [7, 11) is -3.95. The van der Waals surface area contributed by atoms with Crippen molar-refractivity contribution in [2.45, 2.75) is 45.1 Å². The van der Waals surface area contributed by atoms with Gasteiger partial charge in [-0.05, 0) is 69.1 Å². The van der Waals surface area contributed by atoms with Crippen LogP contribution < -0.4 is 5.32 Å². The van der Waals surface area contributed by atoms with Crippen LogP contribution in [0.25, 0.3) is 0 Å². The second-order valence-electron chi connectivity index (χ2n) is 9.59. The number of rotatable bonds is 11. The van der Waals surface area contributed by atoms with Crippen LogP contribution in [0.1, 0.15) is 55.9 Å². The van der Waals surface area contributed by atoms with Gasteiger partial charge in [0.2, 0.25) is 10.0 Å². The first-order chi connectivity index (χ1) is 19.1. The van der Waals surface area contributed by atoms with E-state index in [1.165, 1.54) is 40.3 Å². The Kier molecular flexibility index (Phi) is 9.08. The van der Waals surface area contributed by atoms with Crippen LogP contribution in [0.4, 0.5) is 5.00 Å². The van der Waals surface area contributed by atoms with Crippen molar-refractivity contribution in [3.8, 4) is 0 Å². The van der Waals surface area contributed by atoms with Crippen LogP contribution >= 0.6 is 11.3 Å². The molecule has 0 fully saturated rings. The van der Waals surface area contributed by atoms with Gasteiger partial charge in [0.05, 0.1) is 16.2 Å². The van der Waals surface area contributed by atoms with Crippen LogP contribution in [0.2, 0.25) is 0 Å². The molecule has 40 heavy (non-hydrogen) atoms. The number of carbonyl (C=O) groups excluding carboxylic acids is 2. The first kappa shape index (κ1) is 29.5. The molecule has 2 aromatic heterocycles. The molecule has 4 rings (SSSR count). The lowest BCUT2D eigenvalue weighted by Crippen LogP contribution is -2.34. The fraction of sp³-hybridized carbons (Fsp3) is 0.370. The number of fused-ring (bicyclic) bond motifs is 1. The third kappa shape index (κ3) is 5.97. The number of amides is 1. The second-order valence-corrected chi connectivity index (χ2v) is 12.6. The normalized spacial score (nSPS) is 13.7. The highest BCUT2D eigenvalue weighted by atomic mass is 32.2. The number of nitrogens with one attached hydrogen (secondary N) is 3. The van der Waals surface area contributed by atoms with Crippen molar-refractivity contribution in [1.29, 1.82) is 10.8 Å². The quantitative estimate of drug-likeness (QED) is 0.294. The molecule has 212 valence electrons. The maximum atomic E-state index is 13.7. The maximum Gasteiger partial charge on any atom is 0.281 e. The van der Waals surface area contributed by atoms with E-state index in [9.17, 15) is 18.0 Å². The Morgan fingerprint density at radius 2 is 1.82 bits per heavy atom. The molecule has 1 aromatic carbocycles. The van der Waals surface area contributed by atoms with Crippen molar-refractivity contribution >= 4 is 50.6 Å². The van der Waals surface area contributed by atoms with E-state index in [4.69, 9.17) is 10.8 Å². The predicted octanol–water partition coefficient (Wildman–Crippen LogP) is 3.56. The highest BCUT2D eigenvalue weighted by Gasteiger charge is 2.30. The summed E-state index contributed by atoms with van der Waals surface area (Å²) in [6.07, 6.45) is 3.62. The molecule has 0 spiro atoms. The zero-order valence-corrected chi connectivity index (χ0v) is 24.4. The van der Waals surface area contributed by atoms with Gasteiger partial charge in [-0.3, -0.25) is 14.5 Å². The van der Waals surface area contributed by atoms with E-state index in [0.29, 0.717) is 29.2 Å². The summed E-state index contributed by atoms with van der Waals surface area (Å²) >= 11 is 1.39. The molecule has 0 unspecified atom stereocenters. The summed E-state index contributed by atoms with van der Waals surface area (Å²) in [4.78, 5) is 30.4. The van der Waals surface area contributed by atoms with Gasteiger partial charge in [0.1, 0.15) is 5.00 Å². The third-order valence-corrected chi connectivity index (χ3v) is 9.64. The van der Waals surface area contributed by atoms with Crippen molar-refractivity contribution in [1.82, 2.24) is 19.0 Å². The second kappa shape index (κ2) is 12.3. The largest absolute Gasteiger partial charge is 0.313 e. The predicted molar refractivity (Wildman–Crippen MR) is 156 cm³/mol. The first-order valence-corrected chi connectivity index (χ1v) is 15.2. The van der Waals surface area contributed by atoms with Gasteiger partial charge in [0, 0.05) is 54.7 Å². The Balaban J connectivity index is 1.65. The summed E-state index contributed by atoms with van der Waals surface area (Å²) in [5.41, 5.74) is 3.05. The molecular weight excluding hydrogens is 550 g/mol. The van der Waals surface area contributed by atoms with Gasteiger partial charge in [-0.1, -0.05) is 6.92 Å². The number of nitrogens with zero attached hydrogens (tertiary/aromatic N) is 4. The van der Waals surface area contributed by atoms with Crippen molar-refractivity contribution in [3.05, 3.63) is 63.3 Å². The average molecular weight is 584 g/mol. The van der Waals surface area contributed by atoms with E-state index >= 15 is 0 Å². The molecule has 0 saturated carbocycles. The number of aromatic nitrogens is 2. The van der Waals surface area contributed by atoms with Crippen LogP contribution in [0.3, 0.4) is 0 Å². The van der Waals surface area contributed by atoms with Crippen LogP contribution in [0.5, 0.6) is 0 Å². The summed E-state index contributed by atoms with van der Waals surface area (Å²) < 4.78 is 28.2. The lowest BCUT2D eigenvalue weighted by atomic mass is 10.0. The van der Waals surface area contributed by atoms with Gasteiger partial charge in [-0.2, -0.15) is 9.40 Å². The average Bonchev–Trinajstić information content (AvgIpc) is 3.46. The van der Waals surface area contributed by atoms with E-state index in [-0.39, 0.29) is 29.5 Å². The van der Waals surface area contributed by atoms with Gasteiger partial charge in [0.25, 0.3) is 11.8 Å². The van der Waals surface area contributed by atoms with E-state index in [0.717, 1.165) is 52.4 Å². The molecule has 11 nitrogen and oxygen atoms in total. The molecule has 1 amide bonds. The van der Waals surface area contributed by atoms with E-state index in [2.05, 4.69) is 22.2 Å². The molecule has 1 aliphatic heterocycles. The third-order valence-electron chi connectivity index (χ3n) is 6.66. The fourth-order valence-corrected chi connectivity index (χ4v) is 7.39.